The minimum absolute atomic E-state index is 0.0448. The van der Waals surface area contributed by atoms with E-state index in [2.05, 4.69) is 10.3 Å². The van der Waals surface area contributed by atoms with Gasteiger partial charge in [-0.3, -0.25) is 9.59 Å². The summed E-state index contributed by atoms with van der Waals surface area (Å²) in [6.07, 6.45) is 4.47. The number of nitrogens with one attached hydrogen (secondary N) is 2. The Morgan fingerprint density at radius 1 is 1.40 bits per heavy atom. The first-order chi connectivity index (χ1) is 12.1. The molecule has 134 valence electrons. The number of aromatic nitrogens is 1. The lowest BCUT2D eigenvalue weighted by atomic mass is 9.97. The number of piperidine rings is 1. The van der Waals surface area contributed by atoms with Crippen LogP contribution in [0.15, 0.2) is 24.4 Å². The zero-order valence-electron chi connectivity index (χ0n) is 14.8. The van der Waals surface area contributed by atoms with Gasteiger partial charge in [-0.1, -0.05) is 0 Å². The number of methoxy groups -OCH3 is 1. The molecule has 1 aliphatic rings. The van der Waals surface area contributed by atoms with Crippen molar-refractivity contribution in [3.05, 3.63) is 30.0 Å². The number of carbonyl (C=O) groups is 2. The Balaban J connectivity index is 1.56. The van der Waals surface area contributed by atoms with Gasteiger partial charge in [0.05, 0.1) is 13.0 Å². The maximum atomic E-state index is 12.4. The second kappa shape index (κ2) is 7.59. The molecule has 2 aromatic rings. The topological polar surface area (TPSA) is 74.4 Å². The summed E-state index contributed by atoms with van der Waals surface area (Å²) in [5.74, 6) is 0.818. The molecule has 0 bridgehead atoms. The number of aromatic amines is 1. The van der Waals surface area contributed by atoms with E-state index in [0.29, 0.717) is 13.1 Å². The van der Waals surface area contributed by atoms with E-state index in [1.807, 2.05) is 24.4 Å². The van der Waals surface area contributed by atoms with Crippen LogP contribution in [0.1, 0.15) is 25.3 Å². The van der Waals surface area contributed by atoms with Crippen molar-refractivity contribution in [1.29, 1.82) is 0 Å². The molecule has 1 unspecified atom stereocenters. The van der Waals surface area contributed by atoms with Crippen molar-refractivity contribution in [2.45, 2.75) is 26.2 Å². The van der Waals surface area contributed by atoms with E-state index in [1.54, 1.807) is 18.9 Å². The molecule has 1 aromatic carbocycles. The van der Waals surface area contributed by atoms with Crippen LogP contribution in [0.2, 0.25) is 0 Å². The van der Waals surface area contributed by atoms with Crippen molar-refractivity contribution < 1.29 is 14.3 Å². The van der Waals surface area contributed by atoms with Crippen LogP contribution in [0.4, 0.5) is 0 Å². The van der Waals surface area contributed by atoms with Crippen molar-refractivity contribution in [2.75, 3.05) is 26.7 Å². The molecular weight excluding hydrogens is 318 g/mol. The van der Waals surface area contributed by atoms with Gasteiger partial charge in [0.2, 0.25) is 11.8 Å². The highest BCUT2D eigenvalue weighted by Crippen LogP contribution is 2.24. The van der Waals surface area contributed by atoms with Gasteiger partial charge >= 0.3 is 0 Å². The SMILES string of the molecule is COc1ccc2[nH]cc(CCNC(=O)C3CCCN(C(C)=O)C3)c2c1. The monoisotopic (exact) mass is 343 g/mol. The highest BCUT2D eigenvalue weighted by molar-refractivity contribution is 5.85. The number of rotatable bonds is 5. The highest BCUT2D eigenvalue weighted by atomic mass is 16.5. The molecule has 1 saturated heterocycles. The molecule has 3 rings (SSSR count). The molecule has 2 heterocycles. The quantitative estimate of drug-likeness (QED) is 0.873. The third-order valence-electron chi connectivity index (χ3n) is 4.91. The number of hydrogen-bond donors (Lipinski definition) is 2. The third-order valence-corrected chi connectivity index (χ3v) is 4.91. The summed E-state index contributed by atoms with van der Waals surface area (Å²) in [4.78, 5) is 28.9. The fourth-order valence-corrected chi connectivity index (χ4v) is 3.43. The zero-order valence-corrected chi connectivity index (χ0v) is 14.8. The summed E-state index contributed by atoms with van der Waals surface area (Å²) in [7, 11) is 1.65. The molecule has 0 radical (unpaired) electrons. The van der Waals surface area contributed by atoms with E-state index in [-0.39, 0.29) is 17.7 Å². The van der Waals surface area contributed by atoms with Crippen molar-refractivity contribution in [3.63, 3.8) is 0 Å². The molecule has 1 aliphatic heterocycles. The average Bonchev–Trinajstić information content (AvgIpc) is 3.04. The van der Waals surface area contributed by atoms with E-state index >= 15 is 0 Å². The predicted octanol–water partition coefficient (Wildman–Crippen LogP) is 2.09. The zero-order chi connectivity index (χ0) is 17.8. The van der Waals surface area contributed by atoms with Crippen LogP contribution in [0, 0.1) is 5.92 Å². The maximum Gasteiger partial charge on any atom is 0.224 e. The lowest BCUT2D eigenvalue weighted by molar-refractivity contribution is -0.133. The minimum atomic E-state index is -0.0966. The fraction of sp³-hybridized carbons (Fsp3) is 0.474. The minimum Gasteiger partial charge on any atom is -0.497 e. The Hall–Kier alpha value is -2.50. The van der Waals surface area contributed by atoms with Crippen LogP contribution in [0.25, 0.3) is 10.9 Å². The van der Waals surface area contributed by atoms with Crippen molar-refractivity contribution in [2.24, 2.45) is 5.92 Å². The van der Waals surface area contributed by atoms with Gasteiger partial charge in [0.1, 0.15) is 5.75 Å². The Kier molecular flexibility index (Phi) is 5.26. The number of H-pyrrole nitrogens is 1. The highest BCUT2D eigenvalue weighted by Gasteiger charge is 2.26. The van der Waals surface area contributed by atoms with Gasteiger partial charge in [0, 0.05) is 43.7 Å². The summed E-state index contributed by atoms with van der Waals surface area (Å²) >= 11 is 0. The van der Waals surface area contributed by atoms with Crippen LogP contribution in [0.5, 0.6) is 5.75 Å². The number of likely N-dealkylation sites (tertiary alicyclic amines) is 1. The Labute approximate surface area is 147 Å². The summed E-state index contributed by atoms with van der Waals surface area (Å²) < 4.78 is 5.28. The molecule has 1 fully saturated rings. The van der Waals surface area contributed by atoms with Crippen molar-refractivity contribution in [1.82, 2.24) is 15.2 Å². The Morgan fingerprint density at radius 3 is 3.00 bits per heavy atom. The first kappa shape index (κ1) is 17.3. The summed E-state index contributed by atoms with van der Waals surface area (Å²) in [5, 5.41) is 4.14. The first-order valence-corrected chi connectivity index (χ1v) is 8.75. The number of hydrogen-bond acceptors (Lipinski definition) is 3. The van der Waals surface area contributed by atoms with Gasteiger partial charge < -0.3 is 19.9 Å². The van der Waals surface area contributed by atoms with Crippen LogP contribution in [-0.4, -0.2) is 48.4 Å². The molecule has 0 saturated carbocycles. The predicted molar refractivity (Wildman–Crippen MR) is 96.5 cm³/mol. The molecule has 1 atom stereocenters. The largest absolute Gasteiger partial charge is 0.497 e. The number of benzene rings is 1. The standard InChI is InChI=1S/C19H25N3O3/c1-13(23)22-9-3-4-15(12-22)19(24)20-8-7-14-11-21-18-6-5-16(25-2)10-17(14)18/h5-6,10-11,15,21H,3-4,7-9,12H2,1-2H3,(H,20,24). The van der Waals surface area contributed by atoms with E-state index in [1.165, 1.54) is 0 Å². The summed E-state index contributed by atoms with van der Waals surface area (Å²) in [6.45, 7) is 3.44. The van der Waals surface area contributed by atoms with Crippen LogP contribution < -0.4 is 10.1 Å². The molecule has 0 aliphatic carbocycles. The number of amides is 2. The first-order valence-electron chi connectivity index (χ1n) is 8.75. The van der Waals surface area contributed by atoms with Crippen LogP contribution in [0.3, 0.4) is 0 Å². The van der Waals surface area contributed by atoms with Gasteiger partial charge in [-0.2, -0.15) is 0 Å². The Bertz CT molecular complexity index is 768. The number of carbonyl (C=O) groups excluding carboxylic acids is 2. The third kappa shape index (κ3) is 3.95. The van der Waals surface area contributed by atoms with Crippen molar-refractivity contribution in [3.8, 4) is 5.75 Å². The molecule has 1 aromatic heterocycles. The normalized spacial score (nSPS) is 17.5. The molecule has 6 heteroatoms. The second-order valence-corrected chi connectivity index (χ2v) is 6.57. The molecule has 2 N–H and O–H groups in total. The number of nitrogens with zero attached hydrogens (tertiary/aromatic N) is 1. The van der Waals surface area contributed by atoms with E-state index in [4.69, 9.17) is 4.74 Å². The van der Waals surface area contributed by atoms with Crippen LogP contribution in [-0.2, 0) is 16.0 Å². The maximum absolute atomic E-state index is 12.4. The van der Waals surface area contributed by atoms with Gasteiger partial charge in [0.25, 0.3) is 0 Å². The molecule has 2 amide bonds. The fourth-order valence-electron chi connectivity index (χ4n) is 3.43. The van der Waals surface area contributed by atoms with Gasteiger partial charge in [-0.05, 0) is 43.0 Å². The van der Waals surface area contributed by atoms with Gasteiger partial charge in [-0.15, -0.1) is 0 Å². The van der Waals surface area contributed by atoms with Crippen molar-refractivity contribution >= 4 is 22.7 Å². The van der Waals surface area contributed by atoms with E-state index in [0.717, 1.165) is 48.0 Å². The second-order valence-electron chi connectivity index (χ2n) is 6.57. The summed E-state index contributed by atoms with van der Waals surface area (Å²) in [5.41, 5.74) is 2.22. The van der Waals surface area contributed by atoms with Gasteiger partial charge in [-0.25, -0.2) is 0 Å². The van der Waals surface area contributed by atoms with Crippen LogP contribution >= 0.6 is 0 Å². The van der Waals surface area contributed by atoms with E-state index in [9.17, 15) is 9.59 Å². The molecular formula is C19H25N3O3. The molecule has 6 nitrogen and oxygen atoms in total. The molecule has 25 heavy (non-hydrogen) atoms. The molecule has 0 spiro atoms. The number of ether oxygens (including phenoxy) is 1. The average molecular weight is 343 g/mol. The lowest BCUT2D eigenvalue weighted by Gasteiger charge is -2.31. The van der Waals surface area contributed by atoms with Gasteiger partial charge in [0.15, 0.2) is 0 Å². The Morgan fingerprint density at radius 2 is 2.24 bits per heavy atom. The summed E-state index contributed by atoms with van der Waals surface area (Å²) in [6, 6.07) is 5.93. The van der Waals surface area contributed by atoms with E-state index < -0.39 is 0 Å². The number of fused-ring (bicyclic) bond motifs is 1. The smallest absolute Gasteiger partial charge is 0.224 e. The lowest BCUT2D eigenvalue weighted by Crippen LogP contribution is -2.45.